The summed E-state index contributed by atoms with van der Waals surface area (Å²) in [7, 11) is 0. The van der Waals surface area contributed by atoms with Crippen molar-refractivity contribution in [3.05, 3.63) is 22.3 Å². The van der Waals surface area contributed by atoms with Crippen molar-refractivity contribution >= 4 is 23.2 Å². The van der Waals surface area contributed by atoms with Crippen molar-refractivity contribution in [1.82, 2.24) is 10.3 Å². The molecule has 1 aromatic heterocycles. The van der Waals surface area contributed by atoms with Gasteiger partial charge in [-0.25, -0.2) is 4.98 Å². The third-order valence-electron chi connectivity index (χ3n) is 2.07. The molecule has 0 radical (unpaired) electrons. The van der Waals surface area contributed by atoms with E-state index in [0.717, 1.165) is 19.5 Å². The number of hydrogen-bond acceptors (Lipinski definition) is 3. The molecule has 1 aliphatic rings. The van der Waals surface area contributed by atoms with E-state index in [2.05, 4.69) is 10.3 Å². The van der Waals surface area contributed by atoms with E-state index in [4.69, 9.17) is 27.9 Å². The van der Waals surface area contributed by atoms with Crippen LogP contribution >= 0.6 is 23.2 Å². The second kappa shape index (κ2) is 4.34. The molecule has 0 amide bonds. The average Bonchev–Trinajstić information content (AvgIpc) is 2.62. The van der Waals surface area contributed by atoms with Gasteiger partial charge in [-0.1, -0.05) is 23.2 Å². The van der Waals surface area contributed by atoms with Crippen LogP contribution in [0.5, 0.6) is 5.88 Å². The minimum Gasteiger partial charge on any atom is -0.472 e. The molecule has 0 spiro atoms. The first kappa shape index (κ1) is 10.0. The Labute approximate surface area is 92.4 Å². The van der Waals surface area contributed by atoms with Gasteiger partial charge in [0.15, 0.2) is 0 Å². The van der Waals surface area contributed by atoms with Crippen LogP contribution in [0.2, 0.25) is 10.0 Å². The zero-order chi connectivity index (χ0) is 9.97. The first-order valence-electron chi connectivity index (χ1n) is 4.44. The minimum absolute atomic E-state index is 0.168. The molecule has 1 fully saturated rings. The van der Waals surface area contributed by atoms with Crippen LogP contribution in [0.15, 0.2) is 12.3 Å². The molecular formula is C9H10Cl2N2O. The summed E-state index contributed by atoms with van der Waals surface area (Å²) in [4.78, 5) is 4.03. The van der Waals surface area contributed by atoms with Crippen molar-refractivity contribution in [2.24, 2.45) is 0 Å². The van der Waals surface area contributed by atoms with Crippen LogP contribution in [-0.4, -0.2) is 24.2 Å². The lowest BCUT2D eigenvalue weighted by atomic mass is 10.3. The molecule has 76 valence electrons. The summed E-state index contributed by atoms with van der Waals surface area (Å²) < 4.78 is 5.60. The number of rotatable bonds is 2. The predicted octanol–water partition coefficient (Wildman–Crippen LogP) is 2.13. The van der Waals surface area contributed by atoms with Gasteiger partial charge in [-0.05, 0) is 19.0 Å². The number of nitrogens with one attached hydrogen (secondary N) is 1. The van der Waals surface area contributed by atoms with E-state index in [0.29, 0.717) is 15.9 Å². The molecule has 1 aliphatic heterocycles. The Morgan fingerprint density at radius 2 is 2.36 bits per heavy atom. The highest BCUT2D eigenvalue weighted by Gasteiger charge is 2.17. The lowest BCUT2D eigenvalue weighted by molar-refractivity contribution is 0.214. The Morgan fingerprint density at radius 1 is 1.50 bits per heavy atom. The van der Waals surface area contributed by atoms with E-state index in [-0.39, 0.29) is 6.10 Å². The van der Waals surface area contributed by atoms with Crippen LogP contribution in [0.3, 0.4) is 0 Å². The Kier molecular flexibility index (Phi) is 3.11. The standard InChI is InChI=1S/C9H10Cl2N2O/c10-6-3-8(11)9(13-4-6)14-7-1-2-12-5-7/h3-4,7,12H,1-2,5H2. The lowest BCUT2D eigenvalue weighted by Gasteiger charge is -2.12. The number of halogens is 2. The van der Waals surface area contributed by atoms with Crippen molar-refractivity contribution < 1.29 is 4.74 Å². The van der Waals surface area contributed by atoms with Gasteiger partial charge in [0.1, 0.15) is 11.1 Å². The molecule has 2 rings (SSSR count). The van der Waals surface area contributed by atoms with Crippen molar-refractivity contribution in [2.45, 2.75) is 12.5 Å². The van der Waals surface area contributed by atoms with Gasteiger partial charge in [0.25, 0.3) is 0 Å². The van der Waals surface area contributed by atoms with Gasteiger partial charge in [0.05, 0.1) is 5.02 Å². The Bertz CT molecular complexity index is 327. The van der Waals surface area contributed by atoms with Gasteiger partial charge < -0.3 is 10.1 Å². The molecular weight excluding hydrogens is 223 g/mol. The van der Waals surface area contributed by atoms with Crippen LogP contribution in [-0.2, 0) is 0 Å². The van der Waals surface area contributed by atoms with E-state index in [1.807, 2.05) is 0 Å². The highest BCUT2D eigenvalue weighted by molar-refractivity contribution is 6.35. The van der Waals surface area contributed by atoms with E-state index in [1.54, 1.807) is 6.07 Å². The second-order valence-corrected chi connectivity index (χ2v) is 4.02. The third-order valence-corrected chi connectivity index (χ3v) is 2.54. The van der Waals surface area contributed by atoms with Crippen molar-refractivity contribution in [1.29, 1.82) is 0 Å². The zero-order valence-electron chi connectivity index (χ0n) is 7.46. The molecule has 0 aliphatic carbocycles. The summed E-state index contributed by atoms with van der Waals surface area (Å²) >= 11 is 11.6. The fourth-order valence-corrected chi connectivity index (χ4v) is 1.80. The summed E-state index contributed by atoms with van der Waals surface area (Å²) in [5.74, 6) is 0.463. The molecule has 1 aromatic rings. The fraction of sp³-hybridized carbons (Fsp3) is 0.444. The van der Waals surface area contributed by atoms with E-state index < -0.39 is 0 Å². The second-order valence-electron chi connectivity index (χ2n) is 3.17. The molecule has 0 bridgehead atoms. The van der Waals surface area contributed by atoms with Crippen molar-refractivity contribution in [3.63, 3.8) is 0 Å². The van der Waals surface area contributed by atoms with Crippen LogP contribution in [0.25, 0.3) is 0 Å². The SMILES string of the molecule is Clc1cnc(OC2CCNC2)c(Cl)c1. The normalized spacial score (nSPS) is 21.1. The Balaban J connectivity index is 2.08. The maximum atomic E-state index is 5.92. The van der Waals surface area contributed by atoms with Crippen molar-refractivity contribution in [3.8, 4) is 5.88 Å². The van der Waals surface area contributed by atoms with Crippen LogP contribution in [0.1, 0.15) is 6.42 Å². The van der Waals surface area contributed by atoms with Gasteiger partial charge in [-0.15, -0.1) is 0 Å². The van der Waals surface area contributed by atoms with Gasteiger partial charge in [-0.2, -0.15) is 0 Å². The minimum atomic E-state index is 0.168. The topological polar surface area (TPSA) is 34.1 Å². The molecule has 3 nitrogen and oxygen atoms in total. The Hall–Kier alpha value is -0.510. The van der Waals surface area contributed by atoms with E-state index in [9.17, 15) is 0 Å². The maximum absolute atomic E-state index is 5.92. The van der Waals surface area contributed by atoms with Gasteiger partial charge >= 0.3 is 0 Å². The molecule has 5 heteroatoms. The zero-order valence-corrected chi connectivity index (χ0v) is 8.98. The number of ether oxygens (including phenoxy) is 1. The van der Waals surface area contributed by atoms with E-state index in [1.165, 1.54) is 6.20 Å². The molecule has 14 heavy (non-hydrogen) atoms. The first-order valence-corrected chi connectivity index (χ1v) is 5.20. The molecule has 1 atom stereocenters. The maximum Gasteiger partial charge on any atom is 0.232 e. The van der Waals surface area contributed by atoms with Crippen LogP contribution < -0.4 is 10.1 Å². The molecule has 0 aromatic carbocycles. The first-order chi connectivity index (χ1) is 6.75. The smallest absolute Gasteiger partial charge is 0.232 e. The summed E-state index contributed by atoms with van der Waals surface area (Å²) in [5.41, 5.74) is 0. The number of pyridine rings is 1. The van der Waals surface area contributed by atoms with Crippen LogP contribution in [0, 0.1) is 0 Å². The molecule has 1 saturated heterocycles. The predicted molar refractivity (Wildman–Crippen MR) is 56.2 cm³/mol. The lowest BCUT2D eigenvalue weighted by Crippen LogP contribution is -2.20. The number of hydrogen-bond donors (Lipinski definition) is 1. The highest BCUT2D eigenvalue weighted by atomic mass is 35.5. The number of aromatic nitrogens is 1. The van der Waals surface area contributed by atoms with Crippen LogP contribution in [0.4, 0.5) is 0 Å². The summed E-state index contributed by atoms with van der Waals surface area (Å²) in [5, 5.41) is 4.18. The third kappa shape index (κ3) is 2.29. The van der Waals surface area contributed by atoms with E-state index >= 15 is 0 Å². The summed E-state index contributed by atoms with van der Waals surface area (Å²) in [6.07, 6.45) is 2.69. The average molecular weight is 233 g/mol. The molecule has 2 heterocycles. The van der Waals surface area contributed by atoms with Crippen molar-refractivity contribution in [2.75, 3.05) is 13.1 Å². The largest absolute Gasteiger partial charge is 0.472 e. The monoisotopic (exact) mass is 232 g/mol. The quantitative estimate of drug-likeness (QED) is 0.849. The molecule has 1 unspecified atom stereocenters. The molecule has 0 saturated carbocycles. The summed E-state index contributed by atoms with van der Waals surface area (Å²) in [6, 6.07) is 1.63. The highest BCUT2D eigenvalue weighted by Crippen LogP contribution is 2.26. The summed E-state index contributed by atoms with van der Waals surface area (Å²) in [6.45, 7) is 1.83. The van der Waals surface area contributed by atoms with Gasteiger partial charge in [0, 0.05) is 12.7 Å². The number of nitrogens with zero attached hydrogens (tertiary/aromatic N) is 1. The Morgan fingerprint density at radius 3 is 3.00 bits per heavy atom. The molecule has 1 N–H and O–H groups in total. The van der Waals surface area contributed by atoms with Gasteiger partial charge in [-0.3, -0.25) is 0 Å². The van der Waals surface area contributed by atoms with Gasteiger partial charge in [0.2, 0.25) is 5.88 Å². The fourth-order valence-electron chi connectivity index (χ4n) is 1.38.